The maximum absolute atomic E-state index is 12.0. The van der Waals surface area contributed by atoms with Crippen LogP contribution in [0.2, 0.25) is 10.0 Å². The molecule has 1 aromatic carbocycles. The van der Waals surface area contributed by atoms with Gasteiger partial charge in [-0.15, -0.1) is 0 Å². The van der Waals surface area contributed by atoms with Gasteiger partial charge in [0.25, 0.3) is 0 Å². The Morgan fingerprint density at radius 2 is 1.90 bits per heavy atom. The molecule has 5 nitrogen and oxygen atoms in total. The Labute approximate surface area is 134 Å². The zero-order valence-corrected chi connectivity index (χ0v) is 13.4. The first-order valence-corrected chi connectivity index (χ1v) is 7.42. The molecule has 1 atom stereocenters. The molecular formula is C14H20Cl2N2O3. The van der Waals surface area contributed by atoms with Crippen LogP contribution in [0.5, 0.6) is 0 Å². The number of rotatable bonds is 8. The van der Waals surface area contributed by atoms with Crippen molar-refractivity contribution in [2.45, 2.75) is 13.0 Å². The molecule has 0 aliphatic carbocycles. The molecule has 1 rings (SSSR count). The van der Waals surface area contributed by atoms with Gasteiger partial charge in [0.2, 0.25) is 5.91 Å². The van der Waals surface area contributed by atoms with E-state index < -0.39 is 0 Å². The Balaban J connectivity index is 2.60. The van der Waals surface area contributed by atoms with Crippen molar-refractivity contribution in [2.75, 3.05) is 32.8 Å². The number of aliphatic hydroxyl groups is 2. The number of halogens is 2. The molecule has 0 heterocycles. The number of amides is 1. The third kappa shape index (κ3) is 6.20. The Morgan fingerprint density at radius 3 is 2.43 bits per heavy atom. The maximum atomic E-state index is 12.0. The topological polar surface area (TPSA) is 72.8 Å². The molecule has 0 saturated heterocycles. The van der Waals surface area contributed by atoms with E-state index in [9.17, 15) is 4.79 Å². The van der Waals surface area contributed by atoms with E-state index in [4.69, 9.17) is 33.4 Å². The zero-order chi connectivity index (χ0) is 15.8. The molecule has 3 N–H and O–H groups in total. The molecule has 0 aliphatic rings. The predicted octanol–water partition coefficient (Wildman–Crippen LogP) is 1.46. The Morgan fingerprint density at radius 1 is 1.29 bits per heavy atom. The first kappa shape index (κ1) is 18.2. The summed E-state index contributed by atoms with van der Waals surface area (Å²) in [6.07, 6.45) is 0. The van der Waals surface area contributed by atoms with Crippen molar-refractivity contribution in [1.82, 2.24) is 10.2 Å². The normalized spacial score (nSPS) is 12.5. The average Bonchev–Trinajstić information content (AvgIpc) is 2.38. The van der Waals surface area contributed by atoms with Crippen molar-refractivity contribution in [1.29, 1.82) is 0 Å². The maximum Gasteiger partial charge on any atom is 0.234 e. The van der Waals surface area contributed by atoms with Crippen LogP contribution in [0.25, 0.3) is 0 Å². The van der Waals surface area contributed by atoms with Gasteiger partial charge in [0.05, 0.1) is 25.8 Å². The summed E-state index contributed by atoms with van der Waals surface area (Å²) in [6.45, 7) is 2.48. The van der Waals surface area contributed by atoms with Crippen molar-refractivity contribution in [3.8, 4) is 0 Å². The second kappa shape index (κ2) is 9.23. The van der Waals surface area contributed by atoms with Crippen LogP contribution in [0, 0.1) is 0 Å². The highest BCUT2D eigenvalue weighted by Gasteiger charge is 2.15. The Hall–Kier alpha value is -0.850. The lowest BCUT2D eigenvalue weighted by atomic mass is 10.1. The minimum atomic E-state index is -0.257. The summed E-state index contributed by atoms with van der Waals surface area (Å²) in [5.74, 6) is -0.199. The molecule has 0 saturated carbocycles. The summed E-state index contributed by atoms with van der Waals surface area (Å²) in [7, 11) is 0. The Kier molecular flexibility index (Phi) is 8.00. The van der Waals surface area contributed by atoms with Crippen LogP contribution < -0.4 is 5.32 Å². The monoisotopic (exact) mass is 334 g/mol. The van der Waals surface area contributed by atoms with E-state index in [0.29, 0.717) is 23.1 Å². The molecule has 1 unspecified atom stereocenters. The molecule has 0 aliphatic heterocycles. The fourth-order valence-electron chi connectivity index (χ4n) is 1.97. The number of benzene rings is 1. The van der Waals surface area contributed by atoms with E-state index in [1.807, 2.05) is 6.92 Å². The highest BCUT2D eigenvalue weighted by atomic mass is 35.5. The van der Waals surface area contributed by atoms with E-state index >= 15 is 0 Å². The van der Waals surface area contributed by atoms with Crippen LogP contribution in [0.4, 0.5) is 0 Å². The summed E-state index contributed by atoms with van der Waals surface area (Å²) in [4.78, 5) is 13.7. The molecule has 0 bridgehead atoms. The van der Waals surface area contributed by atoms with E-state index in [1.54, 1.807) is 23.1 Å². The van der Waals surface area contributed by atoms with Crippen LogP contribution >= 0.6 is 23.2 Å². The summed E-state index contributed by atoms with van der Waals surface area (Å²) < 4.78 is 0. The van der Waals surface area contributed by atoms with Gasteiger partial charge < -0.3 is 15.5 Å². The van der Waals surface area contributed by atoms with Crippen molar-refractivity contribution in [3.05, 3.63) is 33.8 Å². The molecule has 7 heteroatoms. The van der Waals surface area contributed by atoms with Gasteiger partial charge in [0, 0.05) is 23.1 Å². The SMILES string of the molecule is CC(NC(=O)CN(CCO)CCO)c1ccc(Cl)cc1Cl. The summed E-state index contributed by atoms with van der Waals surface area (Å²) in [6, 6.07) is 4.86. The lowest BCUT2D eigenvalue weighted by Crippen LogP contribution is -2.40. The summed E-state index contributed by atoms with van der Waals surface area (Å²) in [5.41, 5.74) is 0.783. The fourth-order valence-corrected chi connectivity index (χ4v) is 2.55. The standard InChI is InChI=1S/C14H20Cl2N2O3/c1-10(12-3-2-11(15)8-13(12)16)17-14(21)9-18(4-6-19)5-7-20/h2-3,8,10,19-20H,4-7,9H2,1H3,(H,17,21). The van der Waals surface area contributed by atoms with Crippen molar-refractivity contribution >= 4 is 29.1 Å². The molecule has 0 spiro atoms. The number of nitrogens with zero attached hydrogens (tertiary/aromatic N) is 1. The van der Waals surface area contributed by atoms with Crippen molar-refractivity contribution in [3.63, 3.8) is 0 Å². The molecule has 1 aromatic rings. The Bertz CT molecular complexity index is 466. The lowest BCUT2D eigenvalue weighted by Gasteiger charge is -2.22. The minimum absolute atomic E-state index is 0.0636. The quantitative estimate of drug-likeness (QED) is 0.673. The number of carbonyl (C=O) groups excluding carboxylic acids is 1. The van der Waals surface area contributed by atoms with Crippen LogP contribution in [-0.2, 0) is 4.79 Å². The number of hydrogen-bond acceptors (Lipinski definition) is 4. The van der Waals surface area contributed by atoms with E-state index in [-0.39, 0.29) is 31.7 Å². The predicted molar refractivity (Wildman–Crippen MR) is 83.6 cm³/mol. The molecule has 21 heavy (non-hydrogen) atoms. The van der Waals surface area contributed by atoms with Gasteiger partial charge in [-0.2, -0.15) is 0 Å². The largest absolute Gasteiger partial charge is 0.395 e. The van der Waals surface area contributed by atoms with Gasteiger partial charge in [-0.25, -0.2) is 0 Å². The van der Waals surface area contributed by atoms with Crippen LogP contribution in [0.3, 0.4) is 0 Å². The minimum Gasteiger partial charge on any atom is -0.395 e. The molecule has 0 aromatic heterocycles. The number of carbonyl (C=O) groups is 1. The average molecular weight is 335 g/mol. The van der Waals surface area contributed by atoms with Gasteiger partial charge in [-0.3, -0.25) is 9.69 Å². The molecule has 0 radical (unpaired) electrons. The number of hydrogen-bond donors (Lipinski definition) is 3. The number of aliphatic hydroxyl groups excluding tert-OH is 2. The molecule has 118 valence electrons. The van der Waals surface area contributed by atoms with E-state index in [2.05, 4.69) is 5.32 Å². The van der Waals surface area contributed by atoms with Gasteiger partial charge >= 0.3 is 0 Å². The smallest absolute Gasteiger partial charge is 0.234 e. The summed E-state index contributed by atoms with van der Waals surface area (Å²) >= 11 is 11.9. The molecular weight excluding hydrogens is 315 g/mol. The zero-order valence-electron chi connectivity index (χ0n) is 11.9. The first-order valence-electron chi connectivity index (χ1n) is 6.66. The van der Waals surface area contributed by atoms with Crippen molar-refractivity contribution in [2.24, 2.45) is 0 Å². The number of nitrogens with one attached hydrogen (secondary N) is 1. The highest BCUT2D eigenvalue weighted by Crippen LogP contribution is 2.25. The highest BCUT2D eigenvalue weighted by molar-refractivity contribution is 6.35. The lowest BCUT2D eigenvalue weighted by molar-refractivity contribution is -0.123. The van der Waals surface area contributed by atoms with Gasteiger partial charge in [-0.05, 0) is 24.6 Å². The van der Waals surface area contributed by atoms with Gasteiger partial charge in [0.1, 0.15) is 0 Å². The second-order valence-electron chi connectivity index (χ2n) is 4.68. The van der Waals surface area contributed by atoms with Gasteiger partial charge in [0.15, 0.2) is 0 Å². The van der Waals surface area contributed by atoms with Crippen LogP contribution in [-0.4, -0.2) is 53.9 Å². The van der Waals surface area contributed by atoms with Crippen LogP contribution in [0.15, 0.2) is 18.2 Å². The van der Waals surface area contributed by atoms with E-state index in [1.165, 1.54) is 0 Å². The van der Waals surface area contributed by atoms with Crippen LogP contribution in [0.1, 0.15) is 18.5 Å². The summed E-state index contributed by atoms with van der Waals surface area (Å²) in [5, 5.41) is 21.7. The van der Waals surface area contributed by atoms with Gasteiger partial charge in [-0.1, -0.05) is 29.3 Å². The molecule has 0 fully saturated rings. The third-order valence-electron chi connectivity index (χ3n) is 3.01. The molecule has 1 amide bonds. The van der Waals surface area contributed by atoms with Crippen molar-refractivity contribution < 1.29 is 15.0 Å². The fraction of sp³-hybridized carbons (Fsp3) is 0.500. The third-order valence-corrected chi connectivity index (χ3v) is 3.57. The first-order chi connectivity index (χ1) is 9.97. The second-order valence-corrected chi connectivity index (χ2v) is 5.52. The van der Waals surface area contributed by atoms with E-state index in [0.717, 1.165) is 5.56 Å².